The number of nitrogens with two attached hydrogens (primary N) is 1. The lowest BCUT2D eigenvalue weighted by Gasteiger charge is -2.07. The molecule has 0 aliphatic rings. The number of rotatable bonds is 3. The maximum atomic E-state index is 8.88. The minimum Gasteiger partial charge on any atom is -0.485 e. The number of hydrogen-bond donors (Lipinski definition) is 4. The van der Waals surface area contributed by atoms with E-state index in [-0.39, 0.29) is 0 Å². The van der Waals surface area contributed by atoms with Gasteiger partial charge in [-0.15, -0.1) is 0 Å². The number of nitrogen functional groups attached to an aromatic ring is 1. The number of aromatic nitrogens is 2. The summed E-state index contributed by atoms with van der Waals surface area (Å²) in [7, 11) is -4.64. The number of pyridine rings is 1. The quantitative estimate of drug-likeness (QED) is 0.530. The van der Waals surface area contributed by atoms with Crippen LogP contribution in [-0.2, 0) is 11.2 Å². The number of anilines is 1. The highest BCUT2D eigenvalue weighted by Crippen LogP contribution is 2.26. The summed E-state index contributed by atoms with van der Waals surface area (Å²) >= 11 is 0. The van der Waals surface area contributed by atoms with E-state index in [9.17, 15) is 0 Å². The second kappa shape index (κ2) is 7.46. The van der Waals surface area contributed by atoms with E-state index in [0.29, 0.717) is 12.4 Å². The van der Waals surface area contributed by atoms with Crippen LogP contribution in [0.15, 0.2) is 48.7 Å². The van der Waals surface area contributed by atoms with Crippen molar-refractivity contribution >= 4 is 19.3 Å². The molecule has 1 aromatic carbocycles. The number of phosphoric acid groups is 1. The molecule has 0 aliphatic carbocycles. The van der Waals surface area contributed by atoms with E-state index in [4.69, 9.17) is 29.7 Å². The first-order valence-corrected chi connectivity index (χ1v) is 8.50. The van der Waals surface area contributed by atoms with Gasteiger partial charge in [-0.05, 0) is 24.6 Å². The summed E-state index contributed by atoms with van der Waals surface area (Å²) in [5.41, 5.74) is 8.66. The van der Waals surface area contributed by atoms with Crippen molar-refractivity contribution in [1.82, 2.24) is 9.38 Å². The largest absolute Gasteiger partial charge is 0.485 e. The van der Waals surface area contributed by atoms with Crippen LogP contribution in [0, 0.1) is 6.92 Å². The Labute approximate surface area is 138 Å². The van der Waals surface area contributed by atoms with Crippen LogP contribution in [0.1, 0.15) is 11.3 Å². The molecule has 0 fully saturated rings. The summed E-state index contributed by atoms with van der Waals surface area (Å²) < 4.78 is 16.6. The first-order valence-electron chi connectivity index (χ1n) is 6.94. The van der Waals surface area contributed by atoms with Crippen LogP contribution in [-0.4, -0.2) is 24.1 Å². The van der Waals surface area contributed by atoms with E-state index < -0.39 is 7.82 Å². The van der Waals surface area contributed by atoms with Crippen molar-refractivity contribution in [3.8, 4) is 5.75 Å². The maximum Gasteiger partial charge on any atom is 0.466 e. The summed E-state index contributed by atoms with van der Waals surface area (Å²) in [6, 6.07) is 13.9. The molecule has 0 radical (unpaired) electrons. The highest BCUT2D eigenvalue weighted by Gasteiger charge is 2.09. The van der Waals surface area contributed by atoms with Crippen LogP contribution in [0.3, 0.4) is 0 Å². The van der Waals surface area contributed by atoms with E-state index in [1.165, 1.54) is 0 Å². The van der Waals surface area contributed by atoms with Crippen LogP contribution < -0.4 is 10.5 Å². The van der Waals surface area contributed by atoms with Gasteiger partial charge in [0.15, 0.2) is 11.4 Å². The Morgan fingerprint density at radius 2 is 1.79 bits per heavy atom. The molecule has 0 unspecified atom stereocenters. The van der Waals surface area contributed by atoms with Crippen LogP contribution >= 0.6 is 7.82 Å². The first kappa shape index (κ1) is 18.0. The summed E-state index contributed by atoms with van der Waals surface area (Å²) in [6.07, 6.45) is 1.89. The Morgan fingerprint density at radius 3 is 2.42 bits per heavy atom. The predicted molar refractivity (Wildman–Crippen MR) is 89.4 cm³/mol. The molecule has 3 aromatic rings. The van der Waals surface area contributed by atoms with Gasteiger partial charge in [0, 0.05) is 6.20 Å². The smallest absolute Gasteiger partial charge is 0.466 e. The van der Waals surface area contributed by atoms with E-state index in [1.807, 2.05) is 60.0 Å². The molecule has 24 heavy (non-hydrogen) atoms. The molecule has 0 bridgehead atoms. The first-order chi connectivity index (χ1) is 11.3. The minimum absolute atomic E-state index is 0.520. The topological polar surface area (TPSA) is 130 Å². The molecule has 8 nitrogen and oxygen atoms in total. The van der Waals surface area contributed by atoms with Gasteiger partial charge in [0.2, 0.25) is 0 Å². The summed E-state index contributed by atoms with van der Waals surface area (Å²) in [6.45, 7) is 2.41. The van der Waals surface area contributed by atoms with E-state index in [1.54, 1.807) is 0 Å². The number of benzene rings is 1. The third-order valence-electron chi connectivity index (χ3n) is 3.07. The molecule has 3 rings (SSSR count). The summed E-state index contributed by atoms with van der Waals surface area (Å²) in [5.74, 6) is 1.39. The van der Waals surface area contributed by atoms with Gasteiger partial charge in [-0.1, -0.05) is 30.3 Å². The number of ether oxygens (including phenoxy) is 1. The molecule has 0 saturated carbocycles. The highest BCUT2D eigenvalue weighted by atomic mass is 31.2. The van der Waals surface area contributed by atoms with Gasteiger partial charge in [-0.3, -0.25) is 4.40 Å². The van der Waals surface area contributed by atoms with E-state index in [2.05, 4.69) is 4.98 Å². The third-order valence-corrected chi connectivity index (χ3v) is 3.07. The van der Waals surface area contributed by atoms with Gasteiger partial charge in [0.1, 0.15) is 12.4 Å². The van der Waals surface area contributed by atoms with Crippen LogP contribution in [0.2, 0.25) is 0 Å². The zero-order valence-corrected chi connectivity index (χ0v) is 13.8. The second-order valence-electron chi connectivity index (χ2n) is 4.94. The molecule has 0 atom stereocenters. The third kappa shape index (κ3) is 5.07. The fraction of sp³-hybridized carbons (Fsp3) is 0.133. The Bertz CT molecular complexity index is 852. The number of hydrogen-bond acceptors (Lipinski definition) is 4. The van der Waals surface area contributed by atoms with Crippen molar-refractivity contribution in [3.05, 3.63) is 59.9 Å². The van der Waals surface area contributed by atoms with Crippen molar-refractivity contribution in [2.24, 2.45) is 0 Å². The molecule has 0 spiro atoms. The Morgan fingerprint density at radius 1 is 1.17 bits per heavy atom. The van der Waals surface area contributed by atoms with Crippen molar-refractivity contribution < 1.29 is 24.0 Å². The Balaban J connectivity index is 0.000000368. The summed E-state index contributed by atoms with van der Waals surface area (Å²) in [4.78, 5) is 26.0. The highest BCUT2D eigenvalue weighted by molar-refractivity contribution is 7.45. The van der Waals surface area contributed by atoms with Gasteiger partial charge in [-0.25, -0.2) is 9.55 Å². The van der Waals surface area contributed by atoms with Crippen LogP contribution in [0.4, 0.5) is 5.82 Å². The predicted octanol–water partition coefficient (Wildman–Crippen LogP) is 1.88. The fourth-order valence-corrected chi connectivity index (χ4v) is 2.02. The van der Waals surface area contributed by atoms with Crippen LogP contribution in [0.5, 0.6) is 5.75 Å². The van der Waals surface area contributed by atoms with Gasteiger partial charge in [0.25, 0.3) is 0 Å². The summed E-state index contributed by atoms with van der Waals surface area (Å²) in [5, 5.41) is 0. The van der Waals surface area contributed by atoms with Gasteiger partial charge in [-0.2, -0.15) is 0 Å². The molecule has 2 heterocycles. The zero-order chi connectivity index (χ0) is 17.7. The van der Waals surface area contributed by atoms with E-state index in [0.717, 1.165) is 22.7 Å². The Hall–Kier alpha value is -2.38. The van der Waals surface area contributed by atoms with Crippen LogP contribution in [0.25, 0.3) is 5.65 Å². The second-order valence-corrected chi connectivity index (χ2v) is 5.96. The number of imidazole rings is 1. The molecule has 2 aromatic heterocycles. The van der Waals surface area contributed by atoms with Crippen molar-refractivity contribution in [3.63, 3.8) is 0 Å². The zero-order valence-electron chi connectivity index (χ0n) is 12.9. The van der Waals surface area contributed by atoms with Crippen molar-refractivity contribution in [2.75, 3.05) is 5.73 Å². The normalized spacial score (nSPS) is 11.0. The fourth-order valence-electron chi connectivity index (χ4n) is 2.02. The molecule has 9 heteroatoms. The molecular weight excluding hydrogens is 333 g/mol. The Kier molecular flexibility index (Phi) is 5.58. The maximum absolute atomic E-state index is 8.88. The molecule has 128 valence electrons. The number of fused-ring (bicyclic) bond motifs is 1. The average Bonchev–Trinajstić information content (AvgIpc) is 2.80. The lowest BCUT2D eigenvalue weighted by molar-refractivity contribution is 0.275. The average molecular weight is 351 g/mol. The lowest BCUT2D eigenvalue weighted by atomic mass is 10.2. The molecule has 0 aliphatic heterocycles. The van der Waals surface area contributed by atoms with Gasteiger partial charge in [0.05, 0.1) is 5.69 Å². The monoisotopic (exact) mass is 351 g/mol. The number of nitrogens with zero attached hydrogens (tertiary/aromatic N) is 2. The van der Waals surface area contributed by atoms with Gasteiger partial charge < -0.3 is 25.2 Å². The van der Waals surface area contributed by atoms with Gasteiger partial charge >= 0.3 is 7.82 Å². The minimum atomic E-state index is -4.64. The molecule has 0 amide bonds. The molecule has 5 N–H and O–H groups in total. The SMILES string of the molecule is Cc1nc2c(OCc3ccccc3)cccn2c1N.O=P(O)(O)O. The molecule has 0 saturated heterocycles. The lowest BCUT2D eigenvalue weighted by Crippen LogP contribution is -1.98. The number of aryl methyl sites for hydroxylation is 1. The standard InChI is InChI=1S/C15H15N3O.H3O4P/c1-11-14(16)18-9-5-8-13(15(18)17-11)19-10-12-6-3-2-4-7-12;1-5(2,3)4/h2-9H,10,16H2,1H3;(H3,1,2,3,4). The van der Waals surface area contributed by atoms with Crippen molar-refractivity contribution in [2.45, 2.75) is 13.5 Å². The van der Waals surface area contributed by atoms with E-state index >= 15 is 0 Å². The van der Waals surface area contributed by atoms with Crippen molar-refractivity contribution in [1.29, 1.82) is 0 Å². The molecular formula is C15H18N3O5P.